The number of methoxy groups -OCH3 is 2. The van der Waals surface area contributed by atoms with Gasteiger partial charge in [0, 0.05) is 53.4 Å². The lowest BCUT2D eigenvalue weighted by Gasteiger charge is -2.32. The molecule has 2 amide bonds. The van der Waals surface area contributed by atoms with E-state index < -0.39 is 23.5 Å². The highest BCUT2D eigenvalue weighted by Crippen LogP contribution is 2.45. The van der Waals surface area contributed by atoms with Crippen LogP contribution in [-0.2, 0) is 23.9 Å². The van der Waals surface area contributed by atoms with E-state index in [0.29, 0.717) is 59.3 Å². The average molecular weight is 603 g/mol. The quantitative estimate of drug-likeness (QED) is 0.369. The number of cyclic esters (lactones) is 1. The maximum absolute atomic E-state index is 14.1. The smallest absolute Gasteiger partial charge is 0.306 e. The summed E-state index contributed by atoms with van der Waals surface area (Å²) in [5.74, 6) is 0.0731. The van der Waals surface area contributed by atoms with Gasteiger partial charge in [-0.1, -0.05) is 37.6 Å². The standard InChI is InChI=1S/C31H39ClN2O8/c1-31(2,18-35)17-34-23-9-8-20(32)15-22(23)28(21-6-5-7-24(39-3)29(21)40-4)42-25(30(34)38)16-26(36)33-12-10-19-11-13-41-27(37)14-19/h5-9,15,19,25,28,35H,10-14,16-18H2,1-4H3,(H,33,36)/t19?,25-,28-/m1/s1. The minimum Gasteiger partial charge on any atom is -0.493 e. The number of halogens is 1. The molecule has 1 saturated heterocycles. The molecule has 42 heavy (non-hydrogen) atoms. The van der Waals surface area contributed by atoms with E-state index in [0.717, 1.165) is 6.42 Å². The fourth-order valence-corrected chi connectivity index (χ4v) is 5.52. The number of ether oxygens (including phenoxy) is 4. The highest BCUT2D eigenvalue weighted by Gasteiger charge is 2.40. The minimum atomic E-state index is -1.16. The number of nitrogens with zero attached hydrogens (tertiary/aromatic N) is 1. The molecule has 2 N–H and O–H groups in total. The first-order valence-electron chi connectivity index (χ1n) is 14.1. The van der Waals surface area contributed by atoms with Crippen LogP contribution in [-0.4, -0.2) is 69.5 Å². The van der Waals surface area contributed by atoms with E-state index in [4.69, 9.17) is 30.5 Å². The summed E-state index contributed by atoms with van der Waals surface area (Å²) < 4.78 is 22.8. The largest absolute Gasteiger partial charge is 0.493 e. The number of nitrogens with one attached hydrogen (secondary N) is 1. The minimum absolute atomic E-state index is 0.141. The van der Waals surface area contributed by atoms with Gasteiger partial charge in [0.25, 0.3) is 5.91 Å². The van der Waals surface area contributed by atoms with Crippen molar-refractivity contribution in [3.05, 3.63) is 52.5 Å². The first-order valence-corrected chi connectivity index (χ1v) is 14.4. The summed E-state index contributed by atoms with van der Waals surface area (Å²) >= 11 is 6.46. The van der Waals surface area contributed by atoms with Crippen LogP contribution < -0.4 is 19.7 Å². The fraction of sp³-hybridized carbons (Fsp3) is 0.516. The van der Waals surface area contributed by atoms with Gasteiger partial charge in [-0.25, -0.2) is 0 Å². The molecule has 2 aromatic rings. The third-order valence-corrected chi connectivity index (χ3v) is 7.86. The Morgan fingerprint density at radius 3 is 2.64 bits per heavy atom. The molecule has 228 valence electrons. The third kappa shape index (κ3) is 7.35. The zero-order valence-electron chi connectivity index (χ0n) is 24.5. The second-order valence-corrected chi connectivity index (χ2v) is 11.9. The number of hydrogen-bond donors (Lipinski definition) is 2. The summed E-state index contributed by atoms with van der Waals surface area (Å²) in [6, 6.07) is 10.6. The van der Waals surface area contributed by atoms with Crippen LogP contribution in [0, 0.1) is 11.3 Å². The van der Waals surface area contributed by atoms with Gasteiger partial charge in [0.15, 0.2) is 11.5 Å². The van der Waals surface area contributed by atoms with Gasteiger partial charge >= 0.3 is 5.97 Å². The predicted octanol–water partition coefficient (Wildman–Crippen LogP) is 4.05. The molecular formula is C31H39ClN2O8. The van der Waals surface area contributed by atoms with E-state index in [2.05, 4.69) is 5.32 Å². The molecule has 4 rings (SSSR count). The number of carbonyl (C=O) groups excluding carboxylic acids is 3. The van der Waals surface area contributed by atoms with E-state index in [1.54, 1.807) is 35.2 Å². The van der Waals surface area contributed by atoms with Gasteiger partial charge < -0.3 is 34.3 Å². The molecule has 1 unspecified atom stereocenters. The Morgan fingerprint density at radius 2 is 1.95 bits per heavy atom. The second-order valence-electron chi connectivity index (χ2n) is 11.5. The van der Waals surface area contributed by atoms with Crippen molar-refractivity contribution in [3.8, 4) is 11.5 Å². The molecule has 11 heteroatoms. The Hall–Kier alpha value is -3.34. The molecule has 2 aromatic carbocycles. The molecule has 3 atom stereocenters. The number of hydrogen-bond acceptors (Lipinski definition) is 8. The summed E-state index contributed by atoms with van der Waals surface area (Å²) in [7, 11) is 3.06. The number of benzene rings is 2. The number of anilines is 1. The van der Waals surface area contributed by atoms with E-state index in [-0.39, 0.29) is 37.4 Å². The van der Waals surface area contributed by atoms with Crippen LogP contribution in [0.1, 0.15) is 56.8 Å². The number of carbonyl (C=O) groups is 3. The highest BCUT2D eigenvalue weighted by molar-refractivity contribution is 6.30. The Kier molecular flexibility index (Phi) is 10.3. The second kappa shape index (κ2) is 13.8. The monoisotopic (exact) mass is 602 g/mol. The molecule has 0 aromatic heterocycles. The summed E-state index contributed by atoms with van der Waals surface area (Å²) in [5, 5.41) is 13.4. The van der Waals surface area contributed by atoms with Crippen LogP contribution in [0.15, 0.2) is 36.4 Å². The van der Waals surface area contributed by atoms with Crippen LogP contribution in [0.25, 0.3) is 0 Å². The van der Waals surface area contributed by atoms with Gasteiger partial charge in [-0.2, -0.15) is 0 Å². The highest BCUT2D eigenvalue weighted by atomic mass is 35.5. The first kappa shape index (κ1) is 31.6. The number of para-hydroxylation sites is 1. The fourth-order valence-electron chi connectivity index (χ4n) is 5.34. The van der Waals surface area contributed by atoms with Gasteiger partial charge in [0.05, 0.1) is 27.2 Å². The van der Waals surface area contributed by atoms with E-state index in [1.807, 2.05) is 19.9 Å². The molecule has 2 aliphatic rings. The Bertz CT molecular complexity index is 1300. The lowest BCUT2D eigenvalue weighted by Crippen LogP contribution is -2.46. The van der Waals surface area contributed by atoms with Crippen molar-refractivity contribution in [2.45, 2.75) is 51.7 Å². The molecule has 0 bridgehead atoms. The summed E-state index contributed by atoms with van der Waals surface area (Å²) in [5.41, 5.74) is 1.13. The topological polar surface area (TPSA) is 124 Å². The Morgan fingerprint density at radius 1 is 1.17 bits per heavy atom. The zero-order chi connectivity index (χ0) is 30.4. The number of rotatable bonds is 11. The normalized spacial score (nSPS) is 20.8. The van der Waals surface area contributed by atoms with Crippen molar-refractivity contribution in [2.75, 3.05) is 45.4 Å². The van der Waals surface area contributed by atoms with Crippen molar-refractivity contribution in [1.82, 2.24) is 5.32 Å². The molecule has 2 heterocycles. The van der Waals surface area contributed by atoms with Crippen molar-refractivity contribution in [1.29, 1.82) is 0 Å². The zero-order valence-corrected chi connectivity index (χ0v) is 25.2. The van der Waals surface area contributed by atoms with Crippen molar-refractivity contribution >= 4 is 35.1 Å². The summed E-state index contributed by atoms with van der Waals surface area (Å²) in [6.07, 6.45) is -0.499. The van der Waals surface area contributed by atoms with Crippen LogP contribution in [0.3, 0.4) is 0 Å². The van der Waals surface area contributed by atoms with Crippen molar-refractivity contribution < 1.29 is 38.4 Å². The third-order valence-electron chi connectivity index (χ3n) is 7.62. The first-order chi connectivity index (χ1) is 20.1. The molecular weight excluding hydrogens is 564 g/mol. The number of aliphatic hydroxyl groups excluding tert-OH is 1. The molecule has 2 aliphatic heterocycles. The predicted molar refractivity (Wildman–Crippen MR) is 157 cm³/mol. The Labute approximate surface area is 251 Å². The SMILES string of the molecule is COc1cccc([C@H]2O[C@H](CC(=O)NCCC3CCOC(=O)C3)C(=O)N(CC(C)(C)CO)c3ccc(Cl)cc32)c1OC. The Balaban J connectivity index is 1.68. The van der Waals surface area contributed by atoms with E-state index in [1.165, 1.54) is 14.2 Å². The lowest BCUT2D eigenvalue weighted by molar-refractivity contribution is -0.149. The number of esters is 1. The van der Waals surface area contributed by atoms with Crippen LogP contribution in [0.4, 0.5) is 5.69 Å². The van der Waals surface area contributed by atoms with E-state index in [9.17, 15) is 19.5 Å². The number of amides is 2. The molecule has 0 spiro atoms. The van der Waals surface area contributed by atoms with Crippen molar-refractivity contribution in [2.24, 2.45) is 11.3 Å². The van der Waals surface area contributed by atoms with Crippen molar-refractivity contribution in [3.63, 3.8) is 0 Å². The van der Waals surface area contributed by atoms with Gasteiger partial charge in [0.2, 0.25) is 5.91 Å². The summed E-state index contributed by atoms with van der Waals surface area (Å²) in [6.45, 7) is 4.48. The summed E-state index contributed by atoms with van der Waals surface area (Å²) in [4.78, 5) is 40.5. The molecule has 0 radical (unpaired) electrons. The van der Waals surface area contributed by atoms with Gasteiger partial charge in [-0.3, -0.25) is 14.4 Å². The maximum atomic E-state index is 14.1. The van der Waals surface area contributed by atoms with Gasteiger partial charge in [-0.05, 0) is 43.0 Å². The van der Waals surface area contributed by atoms with Crippen LogP contribution >= 0.6 is 11.6 Å². The molecule has 10 nitrogen and oxygen atoms in total. The van der Waals surface area contributed by atoms with E-state index >= 15 is 0 Å². The molecule has 0 aliphatic carbocycles. The molecule has 1 fully saturated rings. The van der Waals surface area contributed by atoms with Crippen LogP contribution in [0.5, 0.6) is 11.5 Å². The van der Waals surface area contributed by atoms with Gasteiger partial charge in [-0.15, -0.1) is 0 Å². The van der Waals surface area contributed by atoms with Gasteiger partial charge in [0.1, 0.15) is 12.2 Å². The molecule has 0 saturated carbocycles. The lowest BCUT2D eigenvalue weighted by atomic mass is 9.92. The average Bonchev–Trinajstić information content (AvgIpc) is 3.07. The van der Waals surface area contributed by atoms with Crippen LogP contribution in [0.2, 0.25) is 5.02 Å². The maximum Gasteiger partial charge on any atom is 0.306 e. The number of fused-ring (bicyclic) bond motifs is 1. The number of aliphatic hydroxyl groups is 1.